The summed E-state index contributed by atoms with van der Waals surface area (Å²) < 4.78 is 0. The predicted octanol–water partition coefficient (Wildman–Crippen LogP) is 2.00. The molecule has 0 aromatic rings. The third kappa shape index (κ3) is 218. The molecular formula is C4H15BF3S. The van der Waals surface area contributed by atoms with Gasteiger partial charge >= 0.3 is 0 Å². The maximum Gasteiger partial charge on any atom is 0 e. The minimum atomic E-state index is 0. The SMILES string of the molecule is CCCC.F.F.F.S.[B]. The van der Waals surface area contributed by atoms with Gasteiger partial charge in [0.1, 0.15) is 0 Å². The molecule has 0 aromatic heterocycles. The Bertz CT molecular complexity index is 17.8. The lowest BCUT2D eigenvalue weighted by Gasteiger charge is -1.68. The maximum absolute atomic E-state index is 2.18. The van der Waals surface area contributed by atoms with Crippen LogP contribution >= 0.6 is 13.5 Å². The van der Waals surface area contributed by atoms with Crippen LogP contribution in [0.4, 0.5) is 14.1 Å². The van der Waals surface area contributed by atoms with Crippen molar-refractivity contribution in [3.63, 3.8) is 0 Å². The molecule has 0 saturated heterocycles. The fourth-order valence-corrected chi connectivity index (χ4v) is 0. The van der Waals surface area contributed by atoms with Crippen molar-refractivity contribution >= 4 is 21.9 Å². The van der Waals surface area contributed by atoms with Crippen molar-refractivity contribution in [3.05, 3.63) is 0 Å². The second-order valence-corrected chi connectivity index (χ2v) is 1.000. The van der Waals surface area contributed by atoms with Crippen LogP contribution in [0.25, 0.3) is 0 Å². The van der Waals surface area contributed by atoms with E-state index in [4.69, 9.17) is 0 Å². The van der Waals surface area contributed by atoms with Crippen molar-refractivity contribution in [1.29, 1.82) is 0 Å². The number of hydrogen-bond acceptors (Lipinski definition) is 0. The first-order valence-corrected chi connectivity index (χ1v) is 1.91. The Labute approximate surface area is 63.5 Å². The Morgan fingerprint density at radius 1 is 0.778 bits per heavy atom. The van der Waals surface area contributed by atoms with Gasteiger partial charge in [0.05, 0.1) is 0 Å². The van der Waals surface area contributed by atoms with Crippen LogP contribution in [0.2, 0.25) is 0 Å². The van der Waals surface area contributed by atoms with Gasteiger partial charge in [0.2, 0.25) is 0 Å². The molecule has 0 aliphatic rings. The molecule has 0 spiro atoms. The minimum absolute atomic E-state index is 0. The lowest BCUT2D eigenvalue weighted by molar-refractivity contribution is 0.886. The smallest absolute Gasteiger partial charge is 0 e. The van der Waals surface area contributed by atoms with Gasteiger partial charge in [-0.15, -0.1) is 0 Å². The van der Waals surface area contributed by atoms with Crippen LogP contribution in [0.1, 0.15) is 26.7 Å². The molecule has 3 radical (unpaired) electrons. The number of hydrogen-bond donors (Lipinski definition) is 0. The molecule has 0 atom stereocenters. The summed E-state index contributed by atoms with van der Waals surface area (Å²) in [7, 11) is 0. The highest BCUT2D eigenvalue weighted by molar-refractivity contribution is 7.59. The highest BCUT2D eigenvalue weighted by atomic mass is 32.1. The van der Waals surface area contributed by atoms with E-state index in [-0.39, 0.29) is 36.0 Å². The normalized spacial score (nSPS) is 3.33. The molecule has 0 rings (SSSR count). The van der Waals surface area contributed by atoms with Gasteiger partial charge in [0, 0.05) is 8.41 Å². The number of rotatable bonds is 1. The number of halogens is 3. The van der Waals surface area contributed by atoms with Gasteiger partial charge in [0.15, 0.2) is 0 Å². The summed E-state index contributed by atoms with van der Waals surface area (Å²) in [6.07, 6.45) is 2.64. The second-order valence-electron chi connectivity index (χ2n) is 1.000. The lowest BCUT2D eigenvalue weighted by atomic mass is 10.4. The summed E-state index contributed by atoms with van der Waals surface area (Å²) >= 11 is 0. The average Bonchev–Trinajstić information content (AvgIpc) is 1.37. The molecule has 0 bridgehead atoms. The molecular weight excluding hydrogens is 148 g/mol. The summed E-state index contributed by atoms with van der Waals surface area (Å²) in [5.41, 5.74) is 0. The summed E-state index contributed by atoms with van der Waals surface area (Å²) in [6.45, 7) is 4.36. The van der Waals surface area contributed by atoms with Gasteiger partial charge in [-0.1, -0.05) is 26.7 Å². The lowest BCUT2D eigenvalue weighted by Crippen LogP contribution is -1.47. The zero-order valence-electron chi connectivity index (χ0n) is 5.72. The fourth-order valence-electron chi connectivity index (χ4n) is 0. The molecule has 0 saturated carbocycles. The molecule has 0 heterocycles. The Kier molecular flexibility index (Phi) is 587. The van der Waals surface area contributed by atoms with E-state index >= 15 is 0 Å². The molecule has 0 N–H and O–H groups in total. The quantitative estimate of drug-likeness (QED) is 0.518. The fraction of sp³-hybridized carbons (Fsp3) is 1.00. The molecule has 5 heteroatoms. The zero-order chi connectivity index (χ0) is 3.41. The van der Waals surface area contributed by atoms with Gasteiger partial charge in [0.25, 0.3) is 0 Å². The van der Waals surface area contributed by atoms with Crippen molar-refractivity contribution in [3.8, 4) is 0 Å². The van der Waals surface area contributed by atoms with E-state index in [1.807, 2.05) is 0 Å². The maximum atomic E-state index is 2.18. The van der Waals surface area contributed by atoms with Crippen LogP contribution in [0, 0.1) is 0 Å². The van der Waals surface area contributed by atoms with Crippen LogP contribution in [-0.4, -0.2) is 8.41 Å². The van der Waals surface area contributed by atoms with Gasteiger partial charge in [-0.05, 0) is 0 Å². The van der Waals surface area contributed by atoms with Crippen molar-refractivity contribution in [1.82, 2.24) is 0 Å². The first-order chi connectivity index (χ1) is 1.91. The molecule has 61 valence electrons. The van der Waals surface area contributed by atoms with Crippen LogP contribution < -0.4 is 0 Å². The van der Waals surface area contributed by atoms with E-state index in [9.17, 15) is 0 Å². The van der Waals surface area contributed by atoms with Gasteiger partial charge in [-0.3, -0.25) is 14.1 Å². The van der Waals surface area contributed by atoms with Gasteiger partial charge < -0.3 is 0 Å². The molecule has 0 aliphatic heterocycles. The molecule has 9 heavy (non-hydrogen) atoms. The summed E-state index contributed by atoms with van der Waals surface area (Å²) in [5.74, 6) is 0. The highest BCUT2D eigenvalue weighted by Crippen LogP contribution is 1.76. The van der Waals surface area contributed by atoms with Gasteiger partial charge in [-0.25, -0.2) is 0 Å². The van der Waals surface area contributed by atoms with E-state index in [2.05, 4.69) is 13.8 Å². The average molecular weight is 163 g/mol. The Balaban J connectivity index is -0.00000000450. The standard InChI is InChI=1S/C4H10.B.3FH.H2S/c1-3-4-2;;;;;/h3-4H2,1-2H3;;3*1H;1H2. The highest BCUT2D eigenvalue weighted by Gasteiger charge is 1.56. The van der Waals surface area contributed by atoms with E-state index in [0.29, 0.717) is 0 Å². The molecule has 0 nitrogen and oxygen atoms in total. The number of unbranched alkanes of at least 4 members (excludes halogenated alkanes) is 1. The van der Waals surface area contributed by atoms with E-state index in [1.54, 1.807) is 0 Å². The van der Waals surface area contributed by atoms with Crippen LogP contribution in [0.5, 0.6) is 0 Å². The minimum Gasteiger partial charge on any atom is -0.269 e. The van der Waals surface area contributed by atoms with Crippen LogP contribution in [-0.2, 0) is 0 Å². The van der Waals surface area contributed by atoms with Crippen molar-refractivity contribution in [2.75, 3.05) is 0 Å². The first-order valence-electron chi connectivity index (χ1n) is 1.91. The van der Waals surface area contributed by atoms with Crippen molar-refractivity contribution in [2.24, 2.45) is 0 Å². The molecule has 0 aliphatic carbocycles. The third-order valence-corrected chi connectivity index (χ3v) is 0.500. The Morgan fingerprint density at radius 2 is 0.889 bits per heavy atom. The summed E-state index contributed by atoms with van der Waals surface area (Å²) in [6, 6.07) is 0. The van der Waals surface area contributed by atoms with E-state index in [0.717, 1.165) is 0 Å². The predicted molar refractivity (Wildman–Crippen MR) is 44.2 cm³/mol. The second kappa shape index (κ2) is 87.6. The topological polar surface area (TPSA) is 0 Å². The Hall–Kier alpha value is 0.205. The van der Waals surface area contributed by atoms with Crippen LogP contribution in [0.15, 0.2) is 0 Å². The molecule has 0 aromatic carbocycles. The molecule has 0 unspecified atom stereocenters. The van der Waals surface area contributed by atoms with Crippen LogP contribution in [0.3, 0.4) is 0 Å². The molecule has 0 fully saturated rings. The largest absolute Gasteiger partial charge is 0.269 e. The summed E-state index contributed by atoms with van der Waals surface area (Å²) in [5, 5.41) is 0. The van der Waals surface area contributed by atoms with E-state index in [1.165, 1.54) is 12.8 Å². The molecule has 0 amide bonds. The third-order valence-electron chi connectivity index (χ3n) is 0.500. The summed E-state index contributed by atoms with van der Waals surface area (Å²) in [4.78, 5) is 0. The first kappa shape index (κ1) is 60.3. The van der Waals surface area contributed by atoms with Crippen molar-refractivity contribution < 1.29 is 14.1 Å². The monoisotopic (exact) mass is 163 g/mol. The zero-order valence-corrected chi connectivity index (χ0v) is 6.72. The van der Waals surface area contributed by atoms with E-state index < -0.39 is 0 Å². The van der Waals surface area contributed by atoms with Crippen molar-refractivity contribution in [2.45, 2.75) is 26.7 Å². The Morgan fingerprint density at radius 3 is 0.889 bits per heavy atom. The van der Waals surface area contributed by atoms with Gasteiger partial charge in [-0.2, -0.15) is 13.5 Å².